The van der Waals surface area contributed by atoms with Gasteiger partial charge in [-0.3, -0.25) is 0 Å². The lowest BCUT2D eigenvalue weighted by Gasteiger charge is -2.23. The minimum Gasteiger partial charge on any atom is -0.314 e. The first-order valence-corrected chi connectivity index (χ1v) is 7.79. The SMILES string of the molecule is CCCCCC(C)NCC1CCSCC1. The van der Waals surface area contributed by atoms with E-state index in [0.717, 1.165) is 12.0 Å². The molecular weight excluding hydrogens is 202 g/mol. The molecule has 1 nitrogen and oxygen atoms in total. The summed E-state index contributed by atoms with van der Waals surface area (Å²) < 4.78 is 0. The Labute approximate surface area is 99.8 Å². The van der Waals surface area contributed by atoms with E-state index in [1.165, 1.54) is 56.6 Å². The largest absolute Gasteiger partial charge is 0.314 e. The van der Waals surface area contributed by atoms with Crippen LogP contribution in [0.5, 0.6) is 0 Å². The zero-order chi connectivity index (χ0) is 10.9. The minimum atomic E-state index is 0.728. The highest BCUT2D eigenvalue weighted by Crippen LogP contribution is 2.22. The third-order valence-corrected chi connectivity index (χ3v) is 4.39. The lowest BCUT2D eigenvalue weighted by Crippen LogP contribution is -2.32. The van der Waals surface area contributed by atoms with E-state index in [9.17, 15) is 0 Å². The van der Waals surface area contributed by atoms with E-state index in [4.69, 9.17) is 0 Å². The summed E-state index contributed by atoms with van der Waals surface area (Å²) in [6, 6.07) is 0.728. The van der Waals surface area contributed by atoms with Crippen LogP contribution in [-0.2, 0) is 0 Å². The summed E-state index contributed by atoms with van der Waals surface area (Å²) in [6.07, 6.45) is 8.35. The average molecular weight is 229 g/mol. The molecule has 1 aliphatic heterocycles. The Balaban J connectivity index is 1.97. The molecule has 1 fully saturated rings. The van der Waals surface area contributed by atoms with Gasteiger partial charge in [0.2, 0.25) is 0 Å². The number of thioether (sulfide) groups is 1. The second-order valence-corrected chi connectivity index (χ2v) is 6.09. The molecule has 1 N–H and O–H groups in total. The summed E-state index contributed by atoms with van der Waals surface area (Å²) in [4.78, 5) is 0. The van der Waals surface area contributed by atoms with E-state index in [-0.39, 0.29) is 0 Å². The molecule has 0 aromatic heterocycles. The van der Waals surface area contributed by atoms with Crippen molar-refractivity contribution in [3.8, 4) is 0 Å². The second-order valence-electron chi connectivity index (χ2n) is 4.86. The van der Waals surface area contributed by atoms with Crippen LogP contribution in [0, 0.1) is 5.92 Å². The van der Waals surface area contributed by atoms with Crippen LogP contribution in [0.4, 0.5) is 0 Å². The summed E-state index contributed by atoms with van der Waals surface area (Å²) in [6.45, 7) is 5.87. The van der Waals surface area contributed by atoms with E-state index < -0.39 is 0 Å². The van der Waals surface area contributed by atoms with Crippen molar-refractivity contribution >= 4 is 11.8 Å². The first-order chi connectivity index (χ1) is 7.33. The molecule has 0 aromatic rings. The molecular formula is C13H27NS. The van der Waals surface area contributed by atoms with E-state index in [1.807, 2.05) is 0 Å². The Bertz CT molecular complexity index is 143. The first kappa shape index (κ1) is 13.4. The molecule has 0 saturated carbocycles. The Kier molecular flexibility index (Phi) is 7.54. The second kappa shape index (κ2) is 8.46. The van der Waals surface area contributed by atoms with Crippen molar-refractivity contribution in [3.05, 3.63) is 0 Å². The lowest BCUT2D eigenvalue weighted by atomic mass is 10.0. The molecule has 15 heavy (non-hydrogen) atoms. The molecule has 0 spiro atoms. The molecule has 0 aromatic carbocycles. The maximum Gasteiger partial charge on any atom is 0.00388 e. The number of rotatable bonds is 7. The zero-order valence-corrected chi connectivity index (χ0v) is 11.2. The highest BCUT2D eigenvalue weighted by molar-refractivity contribution is 7.99. The molecule has 0 aliphatic carbocycles. The van der Waals surface area contributed by atoms with Gasteiger partial charge in [-0.2, -0.15) is 11.8 Å². The summed E-state index contributed by atoms with van der Waals surface area (Å²) >= 11 is 2.12. The predicted molar refractivity (Wildman–Crippen MR) is 71.7 cm³/mol. The van der Waals surface area contributed by atoms with Gasteiger partial charge in [0.05, 0.1) is 0 Å². The Morgan fingerprint density at radius 1 is 1.27 bits per heavy atom. The molecule has 0 bridgehead atoms. The van der Waals surface area contributed by atoms with Crippen molar-refractivity contribution in [2.24, 2.45) is 5.92 Å². The summed E-state index contributed by atoms with van der Waals surface area (Å²) in [7, 11) is 0. The van der Waals surface area contributed by atoms with Crippen LogP contribution in [0.3, 0.4) is 0 Å². The lowest BCUT2D eigenvalue weighted by molar-refractivity contribution is 0.400. The highest BCUT2D eigenvalue weighted by atomic mass is 32.2. The van der Waals surface area contributed by atoms with Crippen LogP contribution >= 0.6 is 11.8 Å². The van der Waals surface area contributed by atoms with Gasteiger partial charge in [0.15, 0.2) is 0 Å². The summed E-state index contributed by atoms with van der Waals surface area (Å²) in [5.41, 5.74) is 0. The fourth-order valence-corrected chi connectivity index (χ4v) is 3.33. The van der Waals surface area contributed by atoms with Gasteiger partial charge in [-0.15, -0.1) is 0 Å². The molecule has 0 amide bonds. The van der Waals surface area contributed by atoms with Crippen LogP contribution in [0.1, 0.15) is 52.4 Å². The number of nitrogens with one attached hydrogen (secondary N) is 1. The molecule has 0 radical (unpaired) electrons. The smallest absolute Gasteiger partial charge is 0.00388 e. The van der Waals surface area contributed by atoms with E-state index in [1.54, 1.807) is 0 Å². The van der Waals surface area contributed by atoms with Gasteiger partial charge < -0.3 is 5.32 Å². The average Bonchev–Trinajstić information content (AvgIpc) is 2.28. The maximum atomic E-state index is 3.70. The van der Waals surface area contributed by atoms with Crippen molar-refractivity contribution in [2.45, 2.75) is 58.4 Å². The van der Waals surface area contributed by atoms with E-state index in [0.29, 0.717) is 0 Å². The van der Waals surface area contributed by atoms with Crippen LogP contribution in [-0.4, -0.2) is 24.1 Å². The predicted octanol–water partition coefficient (Wildman–Crippen LogP) is 3.69. The highest BCUT2D eigenvalue weighted by Gasteiger charge is 2.13. The summed E-state index contributed by atoms with van der Waals surface area (Å²) in [5, 5.41) is 3.70. The fraction of sp³-hybridized carbons (Fsp3) is 1.00. The van der Waals surface area contributed by atoms with E-state index >= 15 is 0 Å². The zero-order valence-electron chi connectivity index (χ0n) is 10.4. The molecule has 1 rings (SSSR count). The fourth-order valence-electron chi connectivity index (χ4n) is 2.12. The van der Waals surface area contributed by atoms with Crippen molar-refractivity contribution < 1.29 is 0 Å². The van der Waals surface area contributed by atoms with Crippen molar-refractivity contribution in [1.82, 2.24) is 5.32 Å². The maximum absolute atomic E-state index is 3.70. The Morgan fingerprint density at radius 3 is 2.67 bits per heavy atom. The van der Waals surface area contributed by atoms with Gasteiger partial charge in [-0.1, -0.05) is 26.2 Å². The topological polar surface area (TPSA) is 12.0 Å². The molecule has 1 saturated heterocycles. The molecule has 90 valence electrons. The van der Waals surface area contributed by atoms with Crippen molar-refractivity contribution in [2.75, 3.05) is 18.1 Å². The van der Waals surface area contributed by atoms with Crippen molar-refractivity contribution in [1.29, 1.82) is 0 Å². The van der Waals surface area contributed by atoms with Gasteiger partial charge in [0.1, 0.15) is 0 Å². The van der Waals surface area contributed by atoms with Crippen molar-refractivity contribution in [3.63, 3.8) is 0 Å². The quantitative estimate of drug-likeness (QED) is 0.668. The summed E-state index contributed by atoms with van der Waals surface area (Å²) in [5.74, 6) is 3.73. The number of hydrogen-bond donors (Lipinski definition) is 1. The van der Waals surface area contributed by atoms with Gasteiger partial charge in [-0.05, 0) is 50.2 Å². The Morgan fingerprint density at radius 2 is 2.00 bits per heavy atom. The van der Waals surface area contributed by atoms with Crippen LogP contribution < -0.4 is 5.32 Å². The first-order valence-electron chi connectivity index (χ1n) is 6.64. The minimum absolute atomic E-state index is 0.728. The normalized spacial score (nSPS) is 20.4. The number of hydrogen-bond acceptors (Lipinski definition) is 2. The standard InChI is InChI=1S/C13H27NS/c1-3-4-5-6-12(2)14-11-13-7-9-15-10-8-13/h12-14H,3-11H2,1-2H3. The van der Waals surface area contributed by atoms with Crippen LogP contribution in [0.2, 0.25) is 0 Å². The van der Waals surface area contributed by atoms with Gasteiger partial charge in [-0.25, -0.2) is 0 Å². The molecule has 1 unspecified atom stereocenters. The molecule has 2 heteroatoms. The molecule has 1 atom stereocenters. The van der Waals surface area contributed by atoms with Crippen LogP contribution in [0.15, 0.2) is 0 Å². The van der Waals surface area contributed by atoms with Gasteiger partial charge in [0.25, 0.3) is 0 Å². The monoisotopic (exact) mass is 229 g/mol. The van der Waals surface area contributed by atoms with E-state index in [2.05, 4.69) is 30.9 Å². The number of unbranched alkanes of at least 4 members (excludes halogenated alkanes) is 2. The van der Waals surface area contributed by atoms with Gasteiger partial charge in [0, 0.05) is 6.04 Å². The third-order valence-electron chi connectivity index (χ3n) is 3.34. The van der Waals surface area contributed by atoms with Crippen LogP contribution in [0.25, 0.3) is 0 Å². The molecule has 1 heterocycles. The molecule has 1 aliphatic rings. The third kappa shape index (κ3) is 6.47. The Hall–Kier alpha value is 0.310. The van der Waals surface area contributed by atoms with Gasteiger partial charge >= 0.3 is 0 Å².